The second kappa shape index (κ2) is 46.8. The summed E-state index contributed by atoms with van der Waals surface area (Å²) in [7, 11) is 0. The average molecular weight is 1150 g/mol. The van der Waals surface area contributed by atoms with Gasteiger partial charge < -0.3 is 124 Å². The van der Waals surface area contributed by atoms with Crippen LogP contribution in [0.4, 0.5) is 0 Å². The number of rotatable bonds is 33. The van der Waals surface area contributed by atoms with E-state index in [-0.39, 0.29) is 108 Å². The van der Waals surface area contributed by atoms with Crippen LogP contribution in [0, 0.1) is 10.1 Å². The largest absolute Gasteiger partial charge is 3.00 e. The molecule has 0 bridgehead atoms. The van der Waals surface area contributed by atoms with Gasteiger partial charge in [0.1, 0.15) is 0 Å². The molecule has 4 radical (unpaired) electrons. The molecule has 0 saturated carbocycles. The topological polar surface area (TPSA) is 564 Å². The van der Waals surface area contributed by atoms with Crippen LogP contribution < -0.4 is 61.3 Å². The van der Waals surface area contributed by atoms with E-state index in [0.29, 0.717) is 0 Å². The summed E-state index contributed by atoms with van der Waals surface area (Å²) in [5.74, 6) is -18.4. The molecule has 0 aromatic carbocycles. The van der Waals surface area contributed by atoms with Crippen molar-refractivity contribution in [2.75, 3.05) is 118 Å². The van der Waals surface area contributed by atoms with Gasteiger partial charge in [-0.1, -0.05) is 0 Å². The van der Waals surface area contributed by atoms with Crippen molar-refractivity contribution in [2.24, 2.45) is 0 Å². The Morgan fingerprint density at radius 3 is 0.368 bits per heavy atom. The third-order valence-corrected chi connectivity index (χ3v) is 6.43. The molecular formula is C30H37Fe4N7O27. The molecular weight excluding hydrogens is 1110 g/mol. The first-order valence-electron chi connectivity index (χ1n) is 16.9. The third kappa shape index (κ3) is 65.0. The van der Waals surface area contributed by atoms with Gasteiger partial charge >= 0.3 is 68.3 Å². The van der Waals surface area contributed by atoms with Crippen molar-refractivity contribution in [3.63, 3.8) is 0 Å². The second-order valence-electron chi connectivity index (χ2n) is 12.0. The number of hydrogen-bond donors (Lipinski definition) is 1. The van der Waals surface area contributed by atoms with Gasteiger partial charge in [0.2, 0.25) is 0 Å². The third-order valence-electron chi connectivity index (χ3n) is 6.43. The molecule has 0 unspecified atom stereocenters. The van der Waals surface area contributed by atoms with Crippen molar-refractivity contribution < 1.29 is 197 Å². The summed E-state index contributed by atoms with van der Waals surface area (Å²) >= 11 is 0. The Kier molecular flexibility index (Phi) is 54.9. The number of aliphatic carboxylic acids is 12. The molecule has 386 valence electrons. The molecule has 34 nitrogen and oxygen atoms in total. The van der Waals surface area contributed by atoms with E-state index in [1.165, 1.54) is 0 Å². The molecule has 0 aliphatic rings. The minimum atomic E-state index is -1.53. The van der Waals surface area contributed by atoms with Crippen LogP contribution in [0.3, 0.4) is 0 Å². The van der Waals surface area contributed by atoms with Crippen LogP contribution in [-0.4, -0.2) is 229 Å². The summed E-state index contributed by atoms with van der Waals surface area (Å²) in [4.78, 5) is 139. The maximum Gasteiger partial charge on any atom is 3.00 e. The van der Waals surface area contributed by atoms with Gasteiger partial charge in [-0.25, -0.2) is 0 Å². The number of nitrogens with zero attached hydrogens (tertiary/aromatic N) is 7. The van der Waals surface area contributed by atoms with E-state index in [2.05, 4.69) is 0 Å². The quantitative estimate of drug-likeness (QED) is 0.0362. The van der Waals surface area contributed by atoms with Gasteiger partial charge in [-0.05, 0) is 0 Å². The molecule has 38 heteroatoms. The number of carbonyl (C=O) groups is 12. The van der Waals surface area contributed by atoms with Crippen molar-refractivity contribution in [2.45, 2.75) is 0 Å². The Hall–Kier alpha value is -5.32. The van der Waals surface area contributed by atoms with Gasteiger partial charge in [-0.2, -0.15) is 0 Å². The molecule has 0 atom stereocenters. The van der Waals surface area contributed by atoms with Crippen molar-refractivity contribution in [3.05, 3.63) is 10.1 Å². The van der Waals surface area contributed by atoms with E-state index in [9.17, 15) is 119 Å². The van der Waals surface area contributed by atoms with Crippen LogP contribution in [0.1, 0.15) is 0 Å². The van der Waals surface area contributed by atoms with E-state index in [1.807, 2.05) is 0 Å². The Morgan fingerprint density at radius 2 is 0.324 bits per heavy atom. The van der Waals surface area contributed by atoms with Crippen molar-refractivity contribution in [3.8, 4) is 0 Å². The van der Waals surface area contributed by atoms with E-state index in [4.69, 9.17) is 15.3 Å². The van der Waals surface area contributed by atoms with Gasteiger partial charge in [0, 0.05) is 118 Å². The summed E-state index contributed by atoms with van der Waals surface area (Å²) < 4.78 is 0. The predicted molar refractivity (Wildman–Crippen MR) is 168 cm³/mol. The minimum Gasteiger partial charge on any atom is -0.549 e. The fourth-order valence-corrected chi connectivity index (χ4v) is 4.32. The predicted octanol–water partition coefficient (Wildman–Crippen LogP) is -22.6. The van der Waals surface area contributed by atoms with Gasteiger partial charge in [-0.15, -0.1) is 10.1 Å². The molecule has 0 aromatic heterocycles. The van der Waals surface area contributed by atoms with E-state index >= 15 is 0 Å². The van der Waals surface area contributed by atoms with Gasteiger partial charge in [0.15, 0.2) is 0 Å². The first-order valence-corrected chi connectivity index (χ1v) is 16.9. The van der Waals surface area contributed by atoms with Crippen molar-refractivity contribution >= 4 is 71.6 Å². The van der Waals surface area contributed by atoms with Crippen LogP contribution in [0.25, 0.3) is 0 Å². The molecule has 1 N–H and O–H groups in total. The maximum atomic E-state index is 10.4. The molecule has 0 fully saturated rings. The normalized spacial score (nSPS) is 9.79. The maximum absolute atomic E-state index is 10.4. The first-order chi connectivity index (χ1) is 29.3. The molecule has 68 heavy (non-hydrogen) atoms. The van der Waals surface area contributed by atoms with Crippen molar-refractivity contribution in [1.29, 1.82) is 0 Å². The molecule has 0 spiro atoms. The molecule has 0 saturated heterocycles. The van der Waals surface area contributed by atoms with Crippen LogP contribution in [0.2, 0.25) is 0 Å². The van der Waals surface area contributed by atoms with E-state index in [0.717, 1.165) is 29.4 Å². The minimum absolute atomic E-state index is 0. The summed E-state index contributed by atoms with van der Waals surface area (Å²) in [6, 6.07) is 0. The van der Waals surface area contributed by atoms with E-state index in [1.54, 1.807) is 0 Å². The molecule has 0 aliphatic heterocycles. The van der Waals surface area contributed by atoms with E-state index < -0.39 is 155 Å². The van der Waals surface area contributed by atoms with Crippen LogP contribution >= 0.6 is 0 Å². The molecule has 0 rings (SSSR count). The zero-order valence-electron chi connectivity index (χ0n) is 34.3. The first kappa shape index (κ1) is 79.8. The summed E-state index contributed by atoms with van der Waals surface area (Å²) in [5.41, 5.74) is 0. The second-order valence-corrected chi connectivity index (χ2v) is 12.0. The fraction of sp³-hybridized carbons (Fsp3) is 0.600. The van der Waals surface area contributed by atoms with Crippen LogP contribution in [0.5, 0.6) is 0 Å². The summed E-state index contributed by atoms with van der Waals surface area (Å²) in [6.45, 7) is -9.75. The zero-order chi connectivity index (χ0) is 50.7. The number of carboxylic acid groups (broad SMARTS) is 12. The molecule has 0 aromatic rings. The van der Waals surface area contributed by atoms with Crippen LogP contribution in [0.15, 0.2) is 0 Å². The monoisotopic (exact) mass is 1150 g/mol. The summed E-state index contributed by atoms with van der Waals surface area (Å²) in [5, 5.41) is 138. The molecule has 0 aliphatic carbocycles. The Balaban J connectivity index is -0.000000123. The summed E-state index contributed by atoms with van der Waals surface area (Å²) in [6.07, 6.45) is 0. The Morgan fingerprint density at radius 1 is 0.265 bits per heavy atom. The number of carboxylic acids is 12. The molecule has 0 amide bonds. The molecule has 0 heterocycles. The van der Waals surface area contributed by atoms with Crippen LogP contribution in [-0.2, 0) is 126 Å². The SMILES string of the molecule is O=C([O-])CN(CCN(CC(=O)[O-])CC(=O)[O-])CC(=O)[O-].O=C([O-])CN(CCN(CC(=O)[O-])CC(=O)[O-])CC(=O)[O-].O=C([O-])CN(CCN(CC(=O)[O-])CC(=O)[O-])CC(=O)[O-].O=[N+]([O-])O.[Fe+3].[Fe+3].[Fe+3].[Fe+3]. The Labute approximate surface area is 424 Å². The number of carbonyl (C=O) groups excluding carboxylic acids is 12. The zero-order valence-corrected chi connectivity index (χ0v) is 38.8. The van der Waals surface area contributed by atoms with Crippen molar-refractivity contribution in [1.82, 2.24) is 29.4 Å². The smallest absolute Gasteiger partial charge is 0.549 e. The average Bonchev–Trinajstić information content (AvgIpc) is 3.05. The fourth-order valence-electron chi connectivity index (χ4n) is 4.32. The Bertz CT molecular complexity index is 1240. The van der Waals surface area contributed by atoms with Gasteiger partial charge in [-0.3, -0.25) is 29.4 Å². The number of hydrogen-bond acceptors (Lipinski definition) is 32. The van der Waals surface area contributed by atoms with Gasteiger partial charge in [0.25, 0.3) is 5.09 Å². The van der Waals surface area contributed by atoms with Gasteiger partial charge in [0.05, 0.1) is 71.6 Å². The standard InChI is InChI=1S/3C10H16N2O8.4Fe.HNO3/c3*13-7(14)3-11(4-8(15)16)1-2-12(5-9(17)18)6-10(19)20;;;;;2-1(3)4/h3*1-6H2,(H,13,14)(H,15,16)(H,17,18)(H,19,20);;;;;(H,2,3,4)/q;;;4*+3;/p-12.